The van der Waals surface area contributed by atoms with Crippen LogP contribution in [0.3, 0.4) is 0 Å². The van der Waals surface area contributed by atoms with Gasteiger partial charge in [-0.15, -0.1) is 0 Å². The van der Waals surface area contributed by atoms with Gasteiger partial charge in [-0.1, -0.05) is 0 Å². The molecule has 1 amide bonds. The van der Waals surface area contributed by atoms with Crippen molar-refractivity contribution in [2.24, 2.45) is 0 Å². The molecule has 1 aromatic rings. The number of likely N-dealkylation sites (N-methyl/N-ethyl adjacent to an activating group) is 1. The Bertz CT molecular complexity index is 662. The van der Waals surface area contributed by atoms with E-state index in [4.69, 9.17) is 9.47 Å². The van der Waals surface area contributed by atoms with Crippen molar-refractivity contribution in [3.8, 4) is 11.5 Å². The van der Waals surface area contributed by atoms with Crippen LogP contribution in [0.5, 0.6) is 11.5 Å². The summed E-state index contributed by atoms with van der Waals surface area (Å²) in [4.78, 5) is 28.7. The zero-order valence-corrected chi connectivity index (χ0v) is 15.4. The van der Waals surface area contributed by atoms with Gasteiger partial charge in [-0.25, -0.2) is 0 Å². The lowest BCUT2D eigenvalue weighted by molar-refractivity contribution is -0.127. The Kier molecular flexibility index (Phi) is 6.58. The molecule has 0 atom stereocenters. The molecule has 2 rings (SSSR count). The van der Waals surface area contributed by atoms with Gasteiger partial charge in [-0.2, -0.15) is 0 Å². The third kappa shape index (κ3) is 4.60. The number of nitrogens with zero attached hydrogens (tertiary/aromatic N) is 2. The first kappa shape index (κ1) is 19.0. The van der Waals surface area contributed by atoms with Gasteiger partial charge < -0.3 is 19.3 Å². The van der Waals surface area contributed by atoms with E-state index in [-0.39, 0.29) is 11.7 Å². The molecular weight excluding hydrogens is 320 g/mol. The highest BCUT2D eigenvalue weighted by molar-refractivity contribution is 6.09. The predicted molar refractivity (Wildman–Crippen MR) is 96.4 cm³/mol. The van der Waals surface area contributed by atoms with Crippen molar-refractivity contribution in [2.75, 3.05) is 46.9 Å². The van der Waals surface area contributed by atoms with E-state index in [1.165, 1.54) is 12.2 Å². The third-order valence-electron chi connectivity index (χ3n) is 4.32. The van der Waals surface area contributed by atoms with E-state index in [9.17, 15) is 9.59 Å². The lowest BCUT2D eigenvalue weighted by Gasteiger charge is -2.31. The maximum atomic E-state index is 12.5. The summed E-state index contributed by atoms with van der Waals surface area (Å²) in [7, 11) is 3.61. The smallest absolute Gasteiger partial charge is 0.246 e. The molecule has 0 bridgehead atoms. The topological polar surface area (TPSA) is 59.1 Å². The molecule has 0 N–H and O–H groups in total. The fourth-order valence-electron chi connectivity index (χ4n) is 2.79. The molecule has 1 fully saturated rings. The molecule has 0 aliphatic carbocycles. The van der Waals surface area contributed by atoms with E-state index in [2.05, 4.69) is 4.90 Å². The first-order valence-electron chi connectivity index (χ1n) is 8.48. The summed E-state index contributed by atoms with van der Waals surface area (Å²) < 4.78 is 10.9. The number of amides is 1. The minimum absolute atomic E-state index is 0.135. The highest BCUT2D eigenvalue weighted by Crippen LogP contribution is 2.32. The van der Waals surface area contributed by atoms with Crippen LogP contribution in [0.1, 0.15) is 22.8 Å². The second kappa shape index (κ2) is 8.67. The van der Waals surface area contributed by atoms with Crippen molar-refractivity contribution in [2.45, 2.75) is 13.8 Å². The predicted octanol–water partition coefficient (Wildman–Crippen LogP) is 1.92. The lowest BCUT2D eigenvalue weighted by atomic mass is 10.0. The number of carbonyl (C=O) groups is 2. The van der Waals surface area contributed by atoms with E-state index >= 15 is 0 Å². The largest absolute Gasteiger partial charge is 0.496 e. The maximum absolute atomic E-state index is 12.5. The van der Waals surface area contributed by atoms with Gasteiger partial charge in [-0.3, -0.25) is 9.59 Å². The number of carbonyl (C=O) groups excluding carboxylic acids is 2. The first-order chi connectivity index (χ1) is 12.0. The highest BCUT2D eigenvalue weighted by Gasteiger charge is 2.19. The molecule has 1 saturated heterocycles. The van der Waals surface area contributed by atoms with Crippen LogP contribution in [0.2, 0.25) is 0 Å². The SMILES string of the molecule is CCOc1c(C(=O)C=CC(=O)N2CCN(C)CC2)ccc(OC)c1C. The summed E-state index contributed by atoms with van der Waals surface area (Å²) >= 11 is 0. The number of benzene rings is 1. The summed E-state index contributed by atoms with van der Waals surface area (Å²) in [5.41, 5.74) is 1.21. The van der Waals surface area contributed by atoms with Crippen LogP contribution in [0.15, 0.2) is 24.3 Å². The van der Waals surface area contributed by atoms with Crippen LogP contribution in [0.4, 0.5) is 0 Å². The van der Waals surface area contributed by atoms with Crippen molar-refractivity contribution >= 4 is 11.7 Å². The molecule has 0 saturated carbocycles. The molecule has 25 heavy (non-hydrogen) atoms. The van der Waals surface area contributed by atoms with Crippen molar-refractivity contribution in [3.63, 3.8) is 0 Å². The average molecular weight is 346 g/mol. The summed E-state index contributed by atoms with van der Waals surface area (Å²) in [5.74, 6) is 0.780. The Morgan fingerprint density at radius 1 is 1.16 bits per heavy atom. The molecule has 0 radical (unpaired) electrons. The van der Waals surface area contributed by atoms with Crippen LogP contribution < -0.4 is 9.47 Å². The summed E-state index contributed by atoms with van der Waals surface area (Å²) in [5, 5.41) is 0. The Balaban J connectivity index is 2.14. The average Bonchev–Trinajstić information content (AvgIpc) is 2.61. The monoisotopic (exact) mass is 346 g/mol. The minimum atomic E-state index is -0.253. The molecule has 1 aliphatic heterocycles. The van der Waals surface area contributed by atoms with Gasteiger partial charge in [0.1, 0.15) is 11.5 Å². The van der Waals surface area contributed by atoms with Gasteiger partial charge in [0.05, 0.1) is 19.3 Å². The molecule has 6 heteroatoms. The quantitative estimate of drug-likeness (QED) is 0.582. The second-order valence-electron chi connectivity index (χ2n) is 6.03. The fraction of sp³-hybridized carbons (Fsp3) is 0.474. The van der Waals surface area contributed by atoms with Gasteiger partial charge in [0.2, 0.25) is 5.91 Å². The fourth-order valence-corrected chi connectivity index (χ4v) is 2.79. The Labute approximate surface area is 149 Å². The molecule has 6 nitrogen and oxygen atoms in total. The number of ether oxygens (including phenoxy) is 2. The second-order valence-corrected chi connectivity index (χ2v) is 6.03. The third-order valence-corrected chi connectivity index (χ3v) is 4.32. The minimum Gasteiger partial charge on any atom is -0.496 e. The van der Waals surface area contributed by atoms with Crippen molar-refractivity contribution in [3.05, 3.63) is 35.4 Å². The Morgan fingerprint density at radius 3 is 2.44 bits per heavy atom. The maximum Gasteiger partial charge on any atom is 0.246 e. The normalized spacial score (nSPS) is 15.4. The molecular formula is C19H26N2O4. The number of hydrogen-bond acceptors (Lipinski definition) is 5. The van der Waals surface area contributed by atoms with Gasteiger partial charge in [0.15, 0.2) is 5.78 Å². The number of rotatable bonds is 6. The number of methoxy groups -OCH3 is 1. The van der Waals surface area contributed by atoms with E-state index in [1.54, 1.807) is 24.1 Å². The standard InChI is InChI=1S/C19H26N2O4/c1-5-25-19-14(2)17(24-4)8-6-15(19)16(22)7-9-18(23)21-12-10-20(3)11-13-21/h6-9H,5,10-13H2,1-4H3. The van der Waals surface area contributed by atoms with E-state index in [0.717, 1.165) is 18.7 Å². The molecule has 136 valence electrons. The molecule has 0 aromatic heterocycles. The molecule has 1 aliphatic rings. The van der Waals surface area contributed by atoms with Gasteiger partial charge in [0.25, 0.3) is 0 Å². The van der Waals surface area contributed by atoms with Gasteiger partial charge in [0, 0.05) is 37.8 Å². The zero-order chi connectivity index (χ0) is 18.4. The van der Waals surface area contributed by atoms with Gasteiger partial charge in [-0.05, 0) is 39.1 Å². The van der Waals surface area contributed by atoms with Crippen molar-refractivity contribution in [1.82, 2.24) is 9.80 Å². The number of piperazine rings is 1. The molecule has 0 spiro atoms. The van der Waals surface area contributed by atoms with E-state index in [1.807, 2.05) is 20.9 Å². The molecule has 1 heterocycles. The first-order valence-corrected chi connectivity index (χ1v) is 8.48. The number of allylic oxidation sites excluding steroid dienone is 1. The number of ketones is 1. The van der Waals surface area contributed by atoms with Crippen LogP contribution in [-0.4, -0.2) is 68.4 Å². The molecule has 1 aromatic carbocycles. The zero-order valence-electron chi connectivity index (χ0n) is 15.4. The van der Waals surface area contributed by atoms with Crippen molar-refractivity contribution in [1.29, 1.82) is 0 Å². The highest BCUT2D eigenvalue weighted by atomic mass is 16.5. The summed E-state index contributed by atoms with van der Waals surface area (Å²) in [6.07, 6.45) is 2.67. The van der Waals surface area contributed by atoms with Crippen LogP contribution >= 0.6 is 0 Å². The van der Waals surface area contributed by atoms with E-state index < -0.39 is 0 Å². The lowest BCUT2D eigenvalue weighted by Crippen LogP contribution is -2.46. The van der Waals surface area contributed by atoms with Crippen LogP contribution in [0, 0.1) is 6.92 Å². The van der Waals surface area contributed by atoms with Crippen LogP contribution in [-0.2, 0) is 4.79 Å². The molecule has 0 unspecified atom stereocenters. The number of hydrogen-bond donors (Lipinski definition) is 0. The van der Waals surface area contributed by atoms with E-state index in [0.29, 0.717) is 36.8 Å². The van der Waals surface area contributed by atoms with Crippen LogP contribution in [0.25, 0.3) is 0 Å². The summed E-state index contributed by atoms with van der Waals surface area (Å²) in [6.45, 7) is 7.20. The van der Waals surface area contributed by atoms with Crippen molar-refractivity contribution < 1.29 is 19.1 Å². The summed E-state index contributed by atoms with van der Waals surface area (Å²) in [6, 6.07) is 3.41. The van der Waals surface area contributed by atoms with Gasteiger partial charge >= 0.3 is 0 Å². The Hall–Kier alpha value is -2.34. The Morgan fingerprint density at radius 2 is 1.84 bits per heavy atom.